The molecule has 4 nitrogen and oxygen atoms in total. The molecular weight excluding hydrogens is 304 g/mol. The molecule has 4 aliphatic carbocycles. The van der Waals surface area contributed by atoms with Crippen molar-refractivity contribution in [1.29, 1.82) is 0 Å². The van der Waals surface area contributed by atoms with E-state index in [1.807, 2.05) is 6.92 Å². The number of carbonyl (C=O) groups is 1. The van der Waals surface area contributed by atoms with Gasteiger partial charge in [-0.25, -0.2) is 0 Å². The molecule has 4 rings (SSSR count). The number of hydrogen-bond donors (Lipinski definition) is 3. The average Bonchev–Trinajstić information content (AvgIpc) is 2.78. The molecule has 4 aliphatic rings. The van der Waals surface area contributed by atoms with E-state index in [1.165, 1.54) is 0 Å². The Bertz CT molecular complexity index is 596. The molecule has 0 heterocycles. The first-order chi connectivity index (χ1) is 11.2. The molecular formula is C20H30O4. The van der Waals surface area contributed by atoms with Crippen LogP contribution in [0.4, 0.5) is 0 Å². The van der Waals surface area contributed by atoms with Crippen molar-refractivity contribution in [2.24, 2.45) is 34.0 Å². The lowest BCUT2D eigenvalue weighted by Gasteiger charge is -2.63. The zero-order chi connectivity index (χ0) is 17.3. The highest BCUT2D eigenvalue weighted by Crippen LogP contribution is 2.70. The normalized spacial score (nSPS) is 50.2. The summed E-state index contributed by atoms with van der Waals surface area (Å²) in [5, 5.41) is 29.4. The molecule has 134 valence electrons. The summed E-state index contributed by atoms with van der Waals surface area (Å²) < 4.78 is 0. The van der Waals surface area contributed by atoms with Crippen molar-refractivity contribution in [3.05, 3.63) is 11.6 Å². The van der Waals surface area contributed by atoms with E-state index in [-0.39, 0.29) is 16.7 Å². The van der Waals surface area contributed by atoms with Gasteiger partial charge in [-0.05, 0) is 86.0 Å². The van der Waals surface area contributed by atoms with Crippen LogP contribution in [0, 0.1) is 34.0 Å². The van der Waals surface area contributed by atoms with Crippen molar-refractivity contribution in [1.82, 2.24) is 0 Å². The fourth-order valence-electron chi connectivity index (χ4n) is 7.52. The summed E-state index contributed by atoms with van der Waals surface area (Å²) in [4.78, 5) is 12.1. The van der Waals surface area contributed by atoms with E-state index in [0.717, 1.165) is 56.9 Å². The van der Waals surface area contributed by atoms with Gasteiger partial charge >= 0.3 is 5.97 Å². The second-order valence-electron chi connectivity index (χ2n) is 9.46. The molecule has 1 spiro atoms. The maximum Gasteiger partial charge on any atom is 0.309 e. The maximum absolute atomic E-state index is 12.1. The highest BCUT2D eigenvalue weighted by Gasteiger charge is 2.64. The van der Waals surface area contributed by atoms with Crippen LogP contribution in [0.1, 0.15) is 65.2 Å². The first kappa shape index (κ1) is 16.6. The van der Waals surface area contributed by atoms with Gasteiger partial charge in [0, 0.05) is 0 Å². The molecule has 2 bridgehead atoms. The minimum absolute atomic E-state index is 0.0565. The van der Waals surface area contributed by atoms with Gasteiger partial charge in [0.15, 0.2) is 6.29 Å². The van der Waals surface area contributed by atoms with Gasteiger partial charge in [-0.1, -0.05) is 19.4 Å². The number of carboxylic acid groups (broad SMARTS) is 1. The van der Waals surface area contributed by atoms with Gasteiger partial charge in [-0.2, -0.15) is 0 Å². The van der Waals surface area contributed by atoms with Gasteiger partial charge in [0.05, 0.1) is 5.41 Å². The summed E-state index contributed by atoms with van der Waals surface area (Å²) >= 11 is 0. The maximum atomic E-state index is 12.1. The minimum Gasteiger partial charge on any atom is -0.481 e. The topological polar surface area (TPSA) is 77.8 Å². The molecule has 3 N–H and O–H groups in total. The molecule has 0 aromatic rings. The van der Waals surface area contributed by atoms with Crippen LogP contribution in [0.15, 0.2) is 11.6 Å². The van der Waals surface area contributed by atoms with Crippen LogP contribution in [0.2, 0.25) is 0 Å². The third-order valence-corrected chi connectivity index (χ3v) is 8.51. The number of rotatable bonds is 2. The molecule has 0 unspecified atom stereocenters. The summed E-state index contributed by atoms with van der Waals surface area (Å²) in [6.07, 6.45) is 8.89. The Morgan fingerprint density at radius 1 is 1.12 bits per heavy atom. The van der Waals surface area contributed by atoms with E-state index < -0.39 is 17.7 Å². The Balaban J connectivity index is 1.75. The molecule has 0 aromatic carbocycles. The van der Waals surface area contributed by atoms with Gasteiger partial charge in [-0.15, -0.1) is 0 Å². The fourth-order valence-corrected chi connectivity index (χ4v) is 7.52. The molecule has 6 atom stereocenters. The molecule has 24 heavy (non-hydrogen) atoms. The number of aliphatic hydroxyl groups is 2. The highest BCUT2D eigenvalue weighted by atomic mass is 16.5. The van der Waals surface area contributed by atoms with Crippen molar-refractivity contribution in [3.63, 3.8) is 0 Å². The Morgan fingerprint density at radius 3 is 2.54 bits per heavy atom. The standard InChI is InChI=1S/C20H30O4/c1-18-7-3-8-19(2,17(23)24)14(18)6-9-20-10-12(4-5-15(18)20)13(11-20)16(21)22/h11-12,14-16,21-22H,3-10H2,1-2H3,(H,23,24)/t12-,14+,15+,18-,19-,20+/m1/s1. The molecule has 0 radical (unpaired) electrons. The first-order valence-electron chi connectivity index (χ1n) is 9.55. The molecule has 0 aliphatic heterocycles. The lowest BCUT2D eigenvalue weighted by Crippen LogP contribution is -2.58. The quantitative estimate of drug-likeness (QED) is 0.535. The van der Waals surface area contributed by atoms with Crippen LogP contribution in [0.5, 0.6) is 0 Å². The van der Waals surface area contributed by atoms with Gasteiger partial charge in [0.2, 0.25) is 0 Å². The van der Waals surface area contributed by atoms with E-state index >= 15 is 0 Å². The van der Waals surface area contributed by atoms with Crippen molar-refractivity contribution < 1.29 is 20.1 Å². The number of aliphatic carboxylic acids is 1. The van der Waals surface area contributed by atoms with Gasteiger partial charge < -0.3 is 15.3 Å². The molecule has 4 heteroatoms. The SMILES string of the molecule is C[C@@]12CCC[C@@](C)(C(=O)O)[C@H]1CC[C@]13C=C(C(O)O)[C@H](CC[C@H]12)C3. The zero-order valence-corrected chi connectivity index (χ0v) is 14.8. The van der Waals surface area contributed by atoms with Crippen molar-refractivity contribution in [2.75, 3.05) is 0 Å². The number of hydrogen-bond acceptors (Lipinski definition) is 3. The van der Waals surface area contributed by atoms with Gasteiger partial charge in [0.1, 0.15) is 0 Å². The van der Waals surface area contributed by atoms with Crippen LogP contribution in [-0.4, -0.2) is 27.6 Å². The molecule has 0 amide bonds. The van der Waals surface area contributed by atoms with Crippen LogP contribution < -0.4 is 0 Å². The third-order valence-electron chi connectivity index (χ3n) is 8.51. The summed E-state index contributed by atoms with van der Waals surface area (Å²) in [6, 6.07) is 0. The van der Waals surface area contributed by atoms with Crippen molar-refractivity contribution in [2.45, 2.75) is 71.5 Å². The summed E-state index contributed by atoms with van der Waals surface area (Å²) in [5.74, 6) is 0.405. The van der Waals surface area contributed by atoms with Crippen LogP contribution in [-0.2, 0) is 4.79 Å². The van der Waals surface area contributed by atoms with E-state index in [1.54, 1.807) is 0 Å². The van der Waals surface area contributed by atoms with Crippen LogP contribution in [0.25, 0.3) is 0 Å². The second kappa shape index (κ2) is 5.07. The lowest BCUT2D eigenvalue weighted by atomic mass is 9.41. The summed E-state index contributed by atoms with van der Waals surface area (Å²) in [6.45, 7) is 4.31. The fraction of sp³-hybridized carbons (Fsp3) is 0.850. The van der Waals surface area contributed by atoms with Gasteiger partial charge in [-0.3, -0.25) is 4.79 Å². The number of aliphatic hydroxyl groups excluding tert-OH is 1. The van der Waals surface area contributed by atoms with E-state index in [4.69, 9.17) is 0 Å². The Morgan fingerprint density at radius 2 is 1.88 bits per heavy atom. The third kappa shape index (κ3) is 1.96. The van der Waals surface area contributed by atoms with Crippen molar-refractivity contribution >= 4 is 5.97 Å². The Labute approximate surface area is 144 Å². The Kier molecular flexibility index (Phi) is 3.51. The predicted molar refractivity (Wildman–Crippen MR) is 90.0 cm³/mol. The number of allylic oxidation sites excluding steroid dienone is 1. The largest absolute Gasteiger partial charge is 0.481 e. The van der Waals surface area contributed by atoms with E-state index in [9.17, 15) is 20.1 Å². The molecule has 0 aromatic heterocycles. The van der Waals surface area contributed by atoms with Crippen LogP contribution >= 0.6 is 0 Å². The van der Waals surface area contributed by atoms with E-state index in [0.29, 0.717) is 11.8 Å². The van der Waals surface area contributed by atoms with Crippen LogP contribution in [0.3, 0.4) is 0 Å². The molecule has 3 fully saturated rings. The number of carboxylic acids is 1. The Hall–Kier alpha value is -0.870. The minimum atomic E-state index is -1.32. The highest BCUT2D eigenvalue weighted by molar-refractivity contribution is 5.75. The molecule has 3 saturated carbocycles. The van der Waals surface area contributed by atoms with Crippen molar-refractivity contribution in [3.8, 4) is 0 Å². The number of fused-ring (bicyclic) bond motifs is 3. The summed E-state index contributed by atoms with van der Waals surface area (Å²) in [5.41, 5.74) is 0.356. The average molecular weight is 334 g/mol. The lowest BCUT2D eigenvalue weighted by molar-refractivity contribution is -0.177. The molecule has 0 saturated heterocycles. The smallest absolute Gasteiger partial charge is 0.309 e. The van der Waals surface area contributed by atoms with Gasteiger partial charge in [0.25, 0.3) is 0 Å². The zero-order valence-electron chi connectivity index (χ0n) is 14.8. The predicted octanol–water partition coefficient (Wildman–Crippen LogP) is 3.33. The summed E-state index contributed by atoms with van der Waals surface area (Å²) in [7, 11) is 0. The monoisotopic (exact) mass is 334 g/mol. The van der Waals surface area contributed by atoms with E-state index in [2.05, 4.69) is 13.0 Å². The first-order valence-corrected chi connectivity index (χ1v) is 9.55. The second-order valence-corrected chi connectivity index (χ2v) is 9.46.